The number of ether oxygens (including phenoxy) is 1. The maximum Gasteiger partial charge on any atom is 0.261 e. The highest BCUT2D eigenvalue weighted by molar-refractivity contribution is 6.40. The van der Waals surface area contributed by atoms with E-state index in [0.29, 0.717) is 29.5 Å². The minimum absolute atomic E-state index is 0.0525. The molecular weight excluding hydrogens is 523 g/mol. The van der Waals surface area contributed by atoms with Gasteiger partial charge >= 0.3 is 0 Å². The van der Waals surface area contributed by atoms with Crippen LogP contribution in [-0.4, -0.2) is 36.9 Å². The number of hydrogen-bond donors (Lipinski definition) is 1. The molecule has 0 radical (unpaired) electrons. The van der Waals surface area contributed by atoms with E-state index in [-0.39, 0.29) is 39.8 Å². The van der Waals surface area contributed by atoms with Gasteiger partial charge in [-0.3, -0.25) is 9.36 Å². The predicted molar refractivity (Wildman–Crippen MR) is 154 cm³/mol. The molecule has 202 valence electrons. The average Bonchev–Trinajstić information content (AvgIpc) is 3.25. The van der Waals surface area contributed by atoms with Gasteiger partial charge in [0, 0.05) is 36.9 Å². The summed E-state index contributed by atoms with van der Waals surface area (Å²) in [6.07, 6.45) is 4.32. The van der Waals surface area contributed by atoms with E-state index < -0.39 is 0 Å². The number of imidazole rings is 1. The summed E-state index contributed by atoms with van der Waals surface area (Å²) in [5.74, 6) is 1.33. The number of hydrogen-bond acceptors (Lipinski definition) is 5. The monoisotopic (exact) mass is 556 g/mol. The largest absolute Gasteiger partial charge is 0.488 e. The highest BCUT2D eigenvalue weighted by Gasteiger charge is 2.22. The van der Waals surface area contributed by atoms with Crippen molar-refractivity contribution in [3.63, 3.8) is 0 Å². The maximum absolute atomic E-state index is 13.5. The zero-order valence-electron chi connectivity index (χ0n) is 22.6. The standard InChI is InChI=1S/C29H34Cl2N4O3/c1-17(2)38-26-22(30)14-21-25(24(26)31)32-16-35(27(21)37)20(11-12-36)13-18-7-9-19(10-8-18)23-15-34(6)28(33-23)29(3,4)5/h7-10,14-17,20,36H,11-13H2,1-6H3/t20-/m1/s1. The zero-order valence-corrected chi connectivity index (χ0v) is 24.1. The van der Waals surface area contributed by atoms with Crippen molar-refractivity contribution < 1.29 is 9.84 Å². The SMILES string of the molecule is CC(C)Oc1c(Cl)cc2c(=O)n([C@H](CCO)Cc3ccc(-c4cn(C)c(C(C)(C)C)n4)cc3)cnc2c1Cl. The third-order valence-corrected chi connectivity index (χ3v) is 7.04. The van der Waals surface area contributed by atoms with Gasteiger partial charge in [0.15, 0.2) is 5.75 Å². The van der Waals surface area contributed by atoms with Gasteiger partial charge in [0.25, 0.3) is 5.56 Å². The number of aryl methyl sites for hydroxylation is 1. The van der Waals surface area contributed by atoms with Crippen LogP contribution in [0.15, 0.2) is 47.7 Å². The Morgan fingerprint density at radius 2 is 1.82 bits per heavy atom. The lowest BCUT2D eigenvalue weighted by Gasteiger charge is -2.20. The summed E-state index contributed by atoms with van der Waals surface area (Å²) in [5.41, 5.74) is 2.98. The van der Waals surface area contributed by atoms with Crippen molar-refractivity contribution in [1.29, 1.82) is 0 Å². The first kappa shape index (κ1) is 28.1. The number of fused-ring (bicyclic) bond motifs is 1. The number of halogens is 2. The molecule has 9 heteroatoms. The molecule has 38 heavy (non-hydrogen) atoms. The number of rotatable bonds is 8. The summed E-state index contributed by atoms with van der Waals surface area (Å²) in [5, 5.41) is 10.5. The third kappa shape index (κ3) is 5.75. The summed E-state index contributed by atoms with van der Waals surface area (Å²) >= 11 is 12.9. The van der Waals surface area contributed by atoms with E-state index in [0.717, 1.165) is 22.6 Å². The van der Waals surface area contributed by atoms with Crippen molar-refractivity contribution in [2.24, 2.45) is 7.05 Å². The molecule has 2 heterocycles. The van der Waals surface area contributed by atoms with Gasteiger partial charge in [0.2, 0.25) is 0 Å². The molecule has 2 aromatic carbocycles. The second-order valence-corrected chi connectivity index (χ2v) is 11.7. The Kier molecular flexibility index (Phi) is 8.21. The first-order chi connectivity index (χ1) is 17.9. The summed E-state index contributed by atoms with van der Waals surface area (Å²) in [6, 6.07) is 9.40. The predicted octanol–water partition coefficient (Wildman–Crippen LogP) is 6.35. The lowest BCUT2D eigenvalue weighted by atomic mass is 9.96. The van der Waals surface area contributed by atoms with E-state index in [4.69, 9.17) is 32.9 Å². The number of aromatic nitrogens is 4. The molecule has 0 fully saturated rings. The summed E-state index contributed by atoms with van der Waals surface area (Å²) in [6.45, 7) is 10.1. The summed E-state index contributed by atoms with van der Waals surface area (Å²) < 4.78 is 9.35. The average molecular weight is 558 g/mol. The molecule has 0 aliphatic heterocycles. The van der Waals surface area contributed by atoms with Gasteiger partial charge < -0.3 is 14.4 Å². The molecule has 4 rings (SSSR count). The third-order valence-electron chi connectivity index (χ3n) is 6.40. The van der Waals surface area contributed by atoms with Crippen LogP contribution in [0.1, 0.15) is 58.5 Å². The second kappa shape index (κ2) is 11.1. The van der Waals surface area contributed by atoms with Gasteiger partial charge in [0.05, 0.1) is 28.5 Å². The fourth-order valence-electron chi connectivity index (χ4n) is 4.67. The molecule has 7 nitrogen and oxygen atoms in total. The molecule has 2 aromatic heterocycles. The normalized spacial score (nSPS) is 12.9. The van der Waals surface area contributed by atoms with E-state index in [2.05, 4.69) is 30.3 Å². The first-order valence-corrected chi connectivity index (χ1v) is 13.5. The second-order valence-electron chi connectivity index (χ2n) is 10.9. The molecule has 1 N–H and O–H groups in total. The lowest BCUT2D eigenvalue weighted by molar-refractivity contribution is 0.243. The Morgan fingerprint density at radius 1 is 1.13 bits per heavy atom. The highest BCUT2D eigenvalue weighted by atomic mass is 35.5. The van der Waals surface area contributed by atoms with Crippen molar-refractivity contribution in [3.05, 3.63) is 74.6 Å². The van der Waals surface area contributed by atoms with Crippen LogP contribution in [0.5, 0.6) is 5.75 Å². The Morgan fingerprint density at radius 3 is 2.39 bits per heavy atom. The number of nitrogens with zero attached hydrogens (tertiary/aromatic N) is 4. The minimum atomic E-state index is -0.304. The molecule has 0 amide bonds. The Hall–Kier alpha value is -2.87. The van der Waals surface area contributed by atoms with Crippen LogP contribution in [0, 0.1) is 0 Å². The van der Waals surface area contributed by atoms with Crippen molar-refractivity contribution >= 4 is 34.1 Å². The van der Waals surface area contributed by atoms with Gasteiger partial charge in [-0.15, -0.1) is 0 Å². The van der Waals surface area contributed by atoms with Gasteiger partial charge in [-0.2, -0.15) is 0 Å². The lowest BCUT2D eigenvalue weighted by Crippen LogP contribution is -2.27. The molecule has 0 saturated heterocycles. The molecule has 0 saturated carbocycles. The van der Waals surface area contributed by atoms with Gasteiger partial charge in [-0.25, -0.2) is 9.97 Å². The van der Waals surface area contributed by atoms with Crippen LogP contribution in [0.3, 0.4) is 0 Å². The molecule has 0 spiro atoms. The van der Waals surface area contributed by atoms with Crippen LogP contribution in [0.2, 0.25) is 10.0 Å². The van der Waals surface area contributed by atoms with E-state index in [1.54, 1.807) is 10.6 Å². The molecule has 0 unspecified atom stereocenters. The molecular formula is C29H34Cl2N4O3. The quantitative estimate of drug-likeness (QED) is 0.273. The number of aliphatic hydroxyl groups excluding tert-OH is 1. The maximum atomic E-state index is 13.5. The van der Waals surface area contributed by atoms with Gasteiger partial charge in [-0.05, 0) is 38.3 Å². The Labute approximate surface area is 233 Å². The van der Waals surface area contributed by atoms with Gasteiger partial charge in [0.1, 0.15) is 16.4 Å². The summed E-state index contributed by atoms with van der Waals surface area (Å²) in [4.78, 5) is 22.8. The number of benzene rings is 2. The fourth-order valence-corrected chi connectivity index (χ4v) is 5.26. The van der Waals surface area contributed by atoms with E-state index in [1.165, 1.54) is 6.33 Å². The fraction of sp³-hybridized carbons (Fsp3) is 0.414. The first-order valence-electron chi connectivity index (χ1n) is 12.7. The van der Waals surface area contributed by atoms with E-state index in [9.17, 15) is 9.90 Å². The topological polar surface area (TPSA) is 82.2 Å². The van der Waals surface area contributed by atoms with Crippen molar-refractivity contribution in [2.75, 3.05) is 6.61 Å². The molecule has 0 aliphatic carbocycles. The number of aliphatic hydroxyl groups is 1. The molecule has 1 atom stereocenters. The summed E-state index contributed by atoms with van der Waals surface area (Å²) in [7, 11) is 2.01. The Bertz CT molecular complexity index is 1500. The smallest absolute Gasteiger partial charge is 0.261 e. The molecule has 4 aromatic rings. The van der Waals surface area contributed by atoms with Crippen molar-refractivity contribution in [3.8, 4) is 17.0 Å². The van der Waals surface area contributed by atoms with Crippen molar-refractivity contribution in [1.82, 2.24) is 19.1 Å². The highest BCUT2D eigenvalue weighted by Crippen LogP contribution is 2.38. The van der Waals surface area contributed by atoms with E-state index in [1.807, 2.05) is 51.4 Å². The van der Waals surface area contributed by atoms with Crippen LogP contribution in [0.4, 0.5) is 0 Å². The van der Waals surface area contributed by atoms with Crippen LogP contribution >= 0.6 is 23.2 Å². The molecule has 0 bridgehead atoms. The van der Waals surface area contributed by atoms with Crippen LogP contribution < -0.4 is 10.3 Å². The zero-order chi connectivity index (χ0) is 27.8. The molecule has 0 aliphatic rings. The minimum Gasteiger partial charge on any atom is -0.488 e. The van der Waals surface area contributed by atoms with E-state index >= 15 is 0 Å². The van der Waals surface area contributed by atoms with Crippen LogP contribution in [0.25, 0.3) is 22.2 Å². The van der Waals surface area contributed by atoms with Gasteiger partial charge in [-0.1, -0.05) is 68.2 Å². The van der Waals surface area contributed by atoms with Crippen molar-refractivity contribution in [2.45, 2.75) is 65.0 Å². The Balaban J connectivity index is 1.64. The van der Waals surface area contributed by atoms with Crippen LogP contribution in [-0.2, 0) is 18.9 Å².